The number of benzene rings is 2. The number of methoxy groups -OCH3 is 2. The van der Waals surface area contributed by atoms with Gasteiger partial charge in [0.25, 0.3) is 15.9 Å². The number of rotatable bonds is 9. The second kappa shape index (κ2) is 10.4. The topological polar surface area (TPSA) is 129 Å². The fraction of sp³-hybridized carbons (Fsp3) is 0.190. The number of hydrogen-bond donors (Lipinski definition) is 2. The van der Waals surface area contributed by atoms with Crippen molar-refractivity contribution in [2.45, 2.75) is 17.9 Å². The molecule has 0 aliphatic carbocycles. The molecule has 3 rings (SSSR count). The largest absolute Gasteiger partial charge is 0.481 e. The predicted octanol–water partition coefficient (Wildman–Crippen LogP) is 3.35. The van der Waals surface area contributed by atoms with E-state index in [2.05, 4.69) is 20.0 Å². The third kappa shape index (κ3) is 6.24. The van der Waals surface area contributed by atoms with Crippen molar-refractivity contribution in [1.82, 2.24) is 9.97 Å². The fourth-order valence-electron chi connectivity index (χ4n) is 2.59. The van der Waals surface area contributed by atoms with Gasteiger partial charge in [0, 0.05) is 11.8 Å². The summed E-state index contributed by atoms with van der Waals surface area (Å²) in [6, 6.07) is 13.7. The maximum absolute atomic E-state index is 12.7. The standard InChI is InChI=1S/C21H21ClN4O6S/c1-13(32-17-7-5-4-6-16(17)22)20(27)23-14-8-10-15(11-9-14)33(28,29)26-18-12-19(30-2)25-21(24-18)31-3/h4-13H,1-3H3,(H,23,27)(H,24,25,26). The predicted molar refractivity (Wildman–Crippen MR) is 123 cm³/mol. The molecule has 2 aromatic carbocycles. The Morgan fingerprint density at radius 1 is 1.03 bits per heavy atom. The summed E-state index contributed by atoms with van der Waals surface area (Å²) in [5, 5.41) is 3.05. The van der Waals surface area contributed by atoms with Crippen molar-refractivity contribution in [3.8, 4) is 17.6 Å². The molecular weight excluding hydrogens is 472 g/mol. The third-order valence-corrected chi connectivity index (χ3v) is 5.94. The van der Waals surface area contributed by atoms with E-state index in [-0.39, 0.29) is 22.6 Å². The van der Waals surface area contributed by atoms with Crippen LogP contribution in [0.1, 0.15) is 6.92 Å². The number of hydrogen-bond acceptors (Lipinski definition) is 8. The van der Waals surface area contributed by atoms with Gasteiger partial charge in [-0.15, -0.1) is 0 Å². The van der Waals surface area contributed by atoms with Gasteiger partial charge < -0.3 is 19.5 Å². The zero-order valence-electron chi connectivity index (χ0n) is 17.9. The number of carbonyl (C=O) groups is 1. The third-order valence-electron chi connectivity index (χ3n) is 4.25. The van der Waals surface area contributed by atoms with Crippen molar-refractivity contribution in [3.63, 3.8) is 0 Å². The van der Waals surface area contributed by atoms with Crippen molar-refractivity contribution in [1.29, 1.82) is 0 Å². The van der Waals surface area contributed by atoms with Gasteiger partial charge >= 0.3 is 6.01 Å². The van der Waals surface area contributed by atoms with Gasteiger partial charge in [-0.1, -0.05) is 23.7 Å². The summed E-state index contributed by atoms with van der Waals surface area (Å²) in [4.78, 5) is 20.2. The molecule has 0 radical (unpaired) electrons. The van der Waals surface area contributed by atoms with Crippen molar-refractivity contribution >= 4 is 39.0 Å². The molecule has 1 aromatic heterocycles. The number of anilines is 2. The zero-order valence-corrected chi connectivity index (χ0v) is 19.5. The lowest BCUT2D eigenvalue weighted by molar-refractivity contribution is -0.122. The average molecular weight is 493 g/mol. The Labute approximate surface area is 195 Å². The number of nitrogens with zero attached hydrogens (tertiary/aromatic N) is 2. The molecule has 0 spiro atoms. The van der Waals surface area contributed by atoms with Crippen LogP contribution in [0.2, 0.25) is 5.02 Å². The molecule has 0 saturated carbocycles. The molecule has 174 valence electrons. The molecular formula is C21H21ClN4O6S. The summed E-state index contributed by atoms with van der Waals surface area (Å²) in [7, 11) is -1.24. The van der Waals surface area contributed by atoms with Gasteiger partial charge in [-0.25, -0.2) is 8.42 Å². The summed E-state index contributed by atoms with van der Waals surface area (Å²) in [6.07, 6.45) is -0.835. The minimum atomic E-state index is -3.97. The number of ether oxygens (including phenoxy) is 3. The molecule has 0 saturated heterocycles. The highest BCUT2D eigenvalue weighted by molar-refractivity contribution is 7.92. The average Bonchev–Trinajstić information content (AvgIpc) is 2.80. The van der Waals surface area contributed by atoms with Gasteiger partial charge in [-0.2, -0.15) is 9.97 Å². The van der Waals surface area contributed by atoms with Crippen molar-refractivity contribution < 1.29 is 27.4 Å². The Morgan fingerprint density at radius 2 is 1.73 bits per heavy atom. The number of nitrogens with one attached hydrogen (secondary N) is 2. The van der Waals surface area contributed by atoms with Gasteiger partial charge in [0.2, 0.25) is 5.88 Å². The number of sulfonamides is 1. The molecule has 1 atom stereocenters. The second-order valence-electron chi connectivity index (χ2n) is 6.59. The Morgan fingerprint density at radius 3 is 2.36 bits per heavy atom. The molecule has 3 aromatic rings. The summed E-state index contributed by atoms with van der Waals surface area (Å²) >= 11 is 6.04. The summed E-state index contributed by atoms with van der Waals surface area (Å²) in [5.41, 5.74) is 0.388. The molecule has 33 heavy (non-hydrogen) atoms. The first kappa shape index (κ1) is 24.1. The van der Waals surface area contributed by atoms with Crippen LogP contribution in [0.25, 0.3) is 0 Å². The lowest BCUT2D eigenvalue weighted by Crippen LogP contribution is -2.30. The highest BCUT2D eigenvalue weighted by Crippen LogP contribution is 2.25. The lowest BCUT2D eigenvalue weighted by Gasteiger charge is -2.16. The lowest BCUT2D eigenvalue weighted by atomic mass is 10.3. The number of amides is 1. The van der Waals surface area contributed by atoms with E-state index in [1.54, 1.807) is 31.2 Å². The van der Waals surface area contributed by atoms with Crippen LogP contribution in [0.3, 0.4) is 0 Å². The maximum Gasteiger partial charge on any atom is 0.321 e. The van der Waals surface area contributed by atoms with Crippen LogP contribution < -0.4 is 24.2 Å². The Bertz CT molecular complexity index is 1220. The molecule has 1 amide bonds. The molecule has 1 heterocycles. The van der Waals surface area contributed by atoms with Crippen LogP contribution in [-0.4, -0.2) is 44.6 Å². The Balaban J connectivity index is 1.67. The maximum atomic E-state index is 12.7. The van der Waals surface area contributed by atoms with Crippen LogP contribution in [0, 0.1) is 0 Å². The van der Waals surface area contributed by atoms with Crippen LogP contribution in [0.5, 0.6) is 17.6 Å². The minimum absolute atomic E-state index is 0.0263. The summed E-state index contributed by atoms with van der Waals surface area (Å²) in [6.45, 7) is 1.58. The number of aromatic nitrogens is 2. The van der Waals surface area contributed by atoms with Crippen LogP contribution in [-0.2, 0) is 14.8 Å². The molecule has 1 unspecified atom stereocenters. The SMILES string of the molecule is COc1cc(NS(=O)(=O)c2ccc(NC(=O)C(C)Oc3ccccc3Cl)cc2)nc(OC)n1. The highest BCUT2D eigenvalue weighted by atomic mass is 35.5. The number of halogens is 1. The monoisotopic (exact) mass is 492 g/mol. The highest BCUT2D eigenvalue weighted by Gasteiger charge is 2.19. The summed E-state index contributed by atoms with van der Waals surface area (Å²) < 4.78 is 43.3. The fourth-order valence-corrected chi connectivity index (χ4v) is 3.77. The number of para-hydroxylation sites is 1. The molecule has 2 N–H and O–H groups in total. The molecule has 0 bridgehead atoms. The van der Waals surface area contributed by atoms with E-state index in [4.69, 9.17) is 25.8 Å². The zero-order chi connectivity index (χ0) is 24.0. The second-order valence-corrected chi connectivity index (χ2v) is 8.68. The van der Waals surface area contributed by atoms with E-state index in [0.29, 0.717) is 16.5 Å². The quantitative estimate of drug-likeness (QED) is 0.465. The minimum Gasteiger partial charge on any atom is -0.481 e. The van der Waals surface area contributed by atoms with E-state index in [1.807, 2.05) is 0 Å². The van der Waals surface area contributed by atoms with Gasteiger partial charge in [0.15, 0.2) is 11.9 Å². The molecule has 12 heteroatoms. The van der Waals surface area contributed by atoms with Gasteiger partial charge in [-0.3, -0.25) is 9.52 Å². The Kier molecular flexibility index (Phi) is 7.56. The van der Waals surface area contributed by atoms with Gasteiger partial charge in [0.1, 0.15) is 5.75 Å². The molecule has 0 fully saturated rings. The van der Waals surface area contributed by atoms with Crippen LogP contribution in [0.4, 0.5) is 11.5 Å². The van der Waals surface area contributed by atoms with Crippen molar-refractivity contribution in [3.05, 3.63) is 59.6 Å². The van der Waals surface area contributed by atoms with E-state index >= 15 is 0 Å². The van der Waals surface area contributed by atoms with Crippen molar-refractivity contribution in [2.75, 3.05) is 24.3 Å². The first-order valence-electron chi connectivity index (χ1n) is 9.54. The normalized spacial score (nSPS) is 11.9. The van der Waals surface area contributed by atoms with Crippen molar-refractivity contribution in [2.24, 2.45) is 0 Å². The molecule has 0 aliphatic rings. The van der Waals surface area contributed by atoms with Crippen LogP contribution in [0.15, 0.2) is 59.5 Å². The summed E-state index contributed by atoms with van der Waals surface area (Å²) in [5.74, 6) is 0.0588. The first-order chi connectivity index (χ1) is 15.7. The van der Waals surface area contributed by atoms with E-state index < -0.39 is 22.0 Å². The molecule has 0 aliphatic heterocycles. The number of carbonyl (C=O) groups excluding carboxylic acids is 1. The van der Waals surface area contributed by atoms with E-state index in [9.17, 15) is 13.2 Å². The van der Waals surface area contributed by atoms with E-state index in [0.717, 1.165) is 0 Å². The van der Waals surface area contributed by atoms with Gasteiger partial charge in [0.05, 0.1) is 24.1 Å². The Hall–Kier alpha value is -3.57. The van der Waals surface area contributed by atoms with Gasteiger partial charge in [-0.05, 0) is 43.3 Å². The van der Waals surface area contributed by atoms with Crippen LogP contribution >= 0.6 is 11.6 Å². The molecule has 10 nitrogen and oxygen atoms in total. The van der Waals surface area contributed by atoms with E-state index in [1.165, 1.54) is 44.6 Å². The first-order valence-corrected chi connectivity index (χ1v) is 11.4. The smallest absolute Gasteiger partial charge is 0.321 e.